The van der Waals surface area contributed by atoms with E-state index < -0.39 is 0 Å². The Bertz CT molecular complexity index is 1090. The van der Waals surface area contributed by atoms with Gasteiger partial charge in [0.1, 0.15) is 5.82 Å². The van der Waals surface area contributed by atoms with Crippen LogP contribution >= 0.6 is 0 Å². The Balaban J connectivity index is 1.45. The van der Waals surface area contributed by atoms with Crippen LogP contribution < -0.4 is 10.6 Å². The van der Waals surface area contributed by atoms with Crippen LogP contribution in [0.4, 0.5) is 16.3 Å². The molecule has 7 heteroatoms. The number of benzene rings is 1. The third-order valence-electron chi connectivity index (χ3n) is 8.20. The molecule has 3 aliphatic rings. The molecule has 188 valence electrons. The molecule has 3 N–H and O–H groups in total. The molecule has 1 saturated carbocycles. The summed E-state index contributed by atoms with van der Waals surface area (Å²) in [5.74, 6) is 1.91. The van der Waals surface area contributed by atoms with Crippen molar-refractivity contribution in [1.29, 1.82) is 0 Å². The zero-order valence-electron chi connectivity index (χ0n) is 21.1. The lowest BCUT2D eigenvalue weighted by atomic mass is 9.90. The van der Waals surface area contributed by atoms with Gasteiger partial charge in [-0.05, 0) is 85.9 Å². The summed E-state index contributed by atoms with van der Waals surface area (Å²) in [6.07, 6.45) is 4.30. The standard InChI is InChI=1S/C28H38N4O3/c1-4-20-7-9-32(15-20)27(34)30-23-6-5-18(2)24(13-23)21-11-25(28-8-10-35-17-22(28)14-28)31-26(12-21)29-19(3)16-33/h5-6,11-13,19-20,22,33H,4,7-10,14-17H2,1-3H3,(H,29,31)(H,30,34)/t19-,20-,22-,28?/m1/s1. The number of likely N-dealkylation sites (tertiary alicyclic amines) is 1. The number of rotatable bonds is 7. The Labute approximate surface area is 208 Å². The Morgan fingerprint density at radius 1 is 1.34 bits per heavy atom. The van der Waals surface area contributed by atoms with Crippen molar-refractivity contribution >= 4 is 17.5 Å². The first-order valence-electron chi connectivity index (χ1n) is 13.1. The summed E-state index contributed by atoms with van der Waals surface area (Å²) in [4.78, 5) is 19.8. The Morgan fingerprint density at radius 2 is 2.20 bits per heavy atom. The van der Waals surface area contributed by atoms with E-state index in [1.54, 1.807) is 0 Å². The SMILES string of the molecule is CC[C@@H]1CCN(C(=O)Nc2ccc(C)c(-c3cc(N[C@H](C)CO)nc(C45CCOC[C@H]4C5)c3)c2)C1. The molecule has 2 aromatic rings. The maximum Gasteiger partial charge on any atom is 0.321 e. The molecule has 1 aliphatic carbocycles. The lowest BCUT2D eigenvalue weighted by molar-refractivity contribution is 0.0795. The minimum atomic E-state index is -0.0908. The number of aryl methyl sites for hydroxylation is 1. The van der Waals surface area contributed by atoms with Gasteiger partial charge in [0.2, 0.25) is 0 Å². The van der Waals surface area contributed by atoms with Crippen molar-refractivity contribution in [3.63, 3.8) is 0 Å². The predicted octanol–water partition coefficient (Wildman–Crippen LogP) is 4.79. The quantitative estimate of drug-likeness (QED) is 0.533. The first kappa shape index (κ1) is 24.1. The number of nitrogens with zero attached hydrogens (tertiary/aromatic N) is 2. The third kappa shape index (κ3) is 4.89. The summed E-state index contributed by atoms with van der Waals surface area (Å²) in [6, 6.07) is 10.3. The number of hydrogen-bond donors (Lipinski definition) is 3. The van der Waals surface area contributed by atoms with Crippen LogP contribution in [0.25, 0.3) is 11.1 Å². The molecule has 2 amide bonds. The number of hydrogen-bond acceptors (Lipinski definition) is 5. The van der Waals surface area contributed by atoms with Gasteiger partial charge in [0.15, 0.2) is 0 Å². The van der Waals surface area contributed by atoms with E-state index in [0.717, 1.165) is 85.9 Å². The highest BCUT2D eigenvalue weighted by molar-refractivity contribution is 5.90. The highest BCUT2D eigenvalue weighted by Gasteiger charge is 2.57. The lowest BCUT2D eigenvalue weighted by Gasteiger charge is -2.24. The fraction of sp³-hybridized carbons (Fsp3) is 0.571. The van der Waals surface area contributed by atoms with Crippen LogP contribution in [0.1, 0.15) is 50.8 Å². The van der Waals surface area contributed by atoms with Crippen LogP contribution in [0, 0.1) is 18.8 Å². The van der Waals surface area contributed by atoms with Gasteiger partial charge < -0.3 is 25.4 Å². The van der Waals surface area contributed by atoms with Gasteiger partial charge in [-0.3, -0.25) is 0 Å². The van der Waals surface area contributed by atoms with Crippen molar-refractivity contribution in [2.45, 2.75) is 57.9 Å². The van der Waals surface area contributed by atoms with Crippen molar-refractivity contribution in [2.75, 3.05) is 43.5 Å². The molecule has 5 rings (SSSR count). The highest BCUT2D eigenvalue weighted by atomic mass is 16.5. The van der Waals surface area contributed by atoms with Crippen LogP contribution in [0.5, 0.6) is 0 Å². The molecular weight excluding hydrogens is 440 g/mol. The largest absolute Gasteiger partial charge is 0.394 e. The zero-order valence-corrected chi connectivity index (χ0v) is 21.1. The van der Waals surface area contributed by atoms with E-state index in [1.165, 1.54) is 0 Å². The Morgan fingerprint density at radius 3 is 2.94 bits per heavy atom. The maximum atomic E-state index is 12.9. The fourth-order valence-electron chi connectivity index (χ4n) is 5.70. The molecule has 1 aromatic heterocycles. The molecule has 3 heterocycles. The van der Waals surface area contributed by atoms with Gasteiger partial charge in [0.25, 0.3) is 0 Å². The molecule has 0 bridgehead atoms. The van der Waals surface area contributed by atoms with Gasteiger partial charge in [0, 0.05) is 36.8 Å². The van der Waals surface area contributed by atoms with E-state index in [9.17, 15) is 9.90 Å². The molecule has 35 heavy (non-hydrogen) atoms. The van der Waals surface area contributed by atoms with Crippen molar-refractivity contribution in [3.05, 3.63) is 41.6 Å². The summed E-state index contributed by atoms with van der Waals surface area (Å²) in [5, 5.41) is 16.1. The van der Waals surface area contributed by atoms with Gasteiger partial charge in [-0.1, -0.05) is 19.4 Å². The van der Waals surface area contributed by atoms with Crippen molar-refractivity contribution in [1.82, 2.24) is 9.88 Å². The lowest BCUT2D eigenvalue weighted by Crippen LogP contribution is -2.32. The second-order valence-corrected chi connectivity index (χ2v) is 10.7. The van der Waals surface area contributed by atoms with E-state index in [2.05, 4.69) is 48.7 Å². The molecule has 2 aliphatic heterocycles. The molecule has 1 unspecified atom stereocenters. The predicted molar refractivity (Wildman–Crippen MR) is 139 cm³/mol. The topological polar surface area (TPSA) is 86.7 Å². The van der Waals surface area contributed by atoms with Gasteiger partial charge in [0.05, 0.1) is 18.9 Å². The minimum absolute atomic E-state index is 0.0211. The van der Waals surface area contributed by atoms with Crippen LogP contribution in [-0.4, -0.2) is 60.0 Å². The minimum Gasteiger partial charge on any atom is -0.394 e. The van der Waals surface area contributed by atoms with Crippen LogP contribution in [0.2, 0.25) is 0 Å². The normalized spacial score (nSPS) is 26.2. The second kappa shape index (κ2) is 9.78. The zero-order chi connectivity index (χ0) is 24.6. The monoisotopic (exact) mass is 478 g/mol. The summed E-state index contributed by atoms with van der Waals surface area (Å²) in [7, 11) is 0. The number of fused-ring (bicyclic) bond motifs is 1. The van der Waals surface area contributed by atoms with Gasteiger partial charge in [-0.15, -0.1) is 0 Å². The average Bonchev–Trinajstić information content (AvgIpc) is 3.43. The molecule has 7 nitrogen and oxygen atoms in total. The molecule has 0 radical (unpaired) electrons. The smallest absolute Gasteiger partial charge is 0.321 e. The van der Waals surface area contributed by atoms with E-state index >= 15 is 0 Å². The molecule has 3 fully saturated rings. The van der Waals surface area contributed by atoms with Crippen molar-refractivity contribution in [3.8, 4) is 11.1 Å². The molecule has 1 aromatic carbocycles. The number of carbonyl (C=O) groups excluding carboxylic acids is 1. The summed E-state index contributed by atoms with van der Waals surface area (Å²) < 4.78 is 5.70. The third-order valence-corrected chi connectivity index (χ3v) is 8.20. The van der Waals surface area contributed by atoms with E-state index in [1.807, 2.05) is 17.9 Å². The van der Waals surface area contributed by atoms with Gasteiger partial charge in [-0.2, -0.15) is 0 Å². The number of ether oxygens (including phenoxy) is 1. The average molecular weight is 479 g/mol. The van der Waals surface area contributed by atoms with E-state index in [0.29, 0.717) is 11.8 Å². The Hall–Kier alpha value is -2.64. The number of amides is 2. The number of aliphatic hydroxyl groups is 1. The van der Waals surface area contributed by atoms with Crippen molar-refractivity contribution < 1.29 is 14.6 Å². The first-order chi connectivity index (χ1) is 16.9. The number of anilines is 2. The van der Waals surface area contributed by atoms with Gasteiger partial charge in [-0.25, -0.2) is 9.78 Å². The fourth-order valence-corrected chi connectivity index (χ4v) is 5.70. The van der Waals surface area contributed by atoms with E-state index in [4.69, 9.17) is 9.72 Å². The highest BCUT2D eigenvalue weighted by Crippen LogP contribution is 2.58. The number of urea groups is 1. The van der Waals surface area contributed by atoms with E-state index in [-0.39, 0.29) is 24.1 Å². The number of pyridine rings is 1. The molecule has 4 atom stereocenters. The Kier molecular flexibility index (Phi) is 6.73. The number of aromatic nitrogens is 1. The van der Waals surface area contributed by atoms with Crippen LogP contribution in [0.15, 0.2) is 30.3 Å². The first-order valence-corrected chi connectivity index (χ1v) is 13.1. The number of nitrogens with one attached hydrogen (secondary N) is 2. The molecule has 0 spiro atoms. The van der Waals surface area contributed by atoms with Crippen molar-refractivity contribution in [2.24, 2.45) is 11.8 Å². The number of carbonyl (C=O) groups is 1. The summed E-state index contributed by atoms with van der Waals surface area (Å²) >= 11 is 0. The molecular formula is C28H38N4O3. The van der Waals surface area contributed by atoms with Crippen LogP contribution in [0.3, 0.4) is 0 Å². The molecule has 2 saturated heterocycles. The van der Waals surface area contributed by atoms with Crippen LogP contribution in [-0.2, 0) is 10.2 Å². The second-order valence-electron chi connectivity index (χ2n) is 10.7. The number of aliphatic hydroxyl groups excluding tert-OH is 1. The van der Waals surface area contributed by atoms with Gasteiger partial charge >= 0.3 is 6.03 Å². The summed E-state index contributed by atoms with van der Waals surface area (Å²) in [5.41, 5.74) is 5.31. The maximum absolute atomic E-state index is 12.9. The summed E-state index contributed by atoms with van der Waals surface area (Å²) in [6.45, 7) is 9.51.